The van der Waals surface area contributed by atoms with E-state index in [1.807, 2.05) is 13.8 Å². The number of anilines is 1. The van der Waals surface area contributed by atoms with Gasteiger partial charge in [-0.25, -0.2) is 4.39 Å². The van der Waals surface area contributed by atoms with Crippen molar-refractivity contribution >= 4 is 23.5 Å². The Hall–Kier alpha value is -2.44. The van der Waals surface area contributed by atoms with Crippen LogP contribution in [0.2, 0.25) is 0 Å². The van der Waals surface area contributed by atoms with Gasteiger partial charge in [0.15, 0.2) is 0 Å². The van der Waals surface area contributed by atoms with Gasteiger partial charge < -0.3 is 15.7 Å². The molecule has 7 heteroatoms. The van der Waals surface area contributed by atoms with Crippen LogP contribution in [0, 0.1) is 17.7 Å². The number of rotatable bonds is 6. The summed E-state index contributed by atoms with van der Waals surface area (Å²) < 4.78 is 14.1. The van der Waals surface area contributed by atoms with Crippen molar-refractivity contribution in [3.8, 4) is 0 Å². The molecule has 0 aliphatic heterocycles. The number of benzene rings is 1. The minimum absolute atomic E-state index is 0.0361. The summed E-state index contributed by atoms with van der Waals surface area (Å²) in [6, 6.07) is 3.65. The van der Waals surface area contributed by atoms with Gasteiger partial charge in [-0.3, -0.25) is 14.4 Å². The molecule has 0 spiro atoms. The van der Waals surface area contributed by atoms with Gasteiger partial charge in [0.05, 0.1) is 11.6 Å². The highest BCUT2D eigenvalue weighted by Gasteiger charge is 2.30. The number of carbonyl (C=O) groups excluding carboxylic acids is 2. The fourth-order valence-corrected chi connectivity index (χ4v) is 2.94. The number of halogens is 1. The Balaban J connectivity index is 1.96. The van der Waals surface area contributed by atoms with Crippen molar-refractivity contribution in [1.82, 2.24) is 5.32 Å². The average Bonchev–Trinajstić information content (AvgIpc) is 2.97. The van der Waals surface area contributed by atoms with Crippen molar-refractivity contribution in [1.29, 1.82) is 0 Å². The van der Waals surface area contributed by atoms with Crippen molar-refractivity contribution in [3.63, 3.8) is 0 Å². The summed E-state index contributed by atoms with van der Waals surface area (Å²) in [4.78, 5) is 34.8. The van der Waals surface area contributed by atoms with Crippen molar-refractivity contribution in [2.75, 3.05) is 5.32 Å². The first-order chi connectivity index (χ1) is 11.8. The third kappa shape index (κ3) is 5.27. The molecule has 0 unspecified atom stereocenters. The molecule has 1 aliphatic carbocycles. The van der Waals surface area contributed by atoms with Crippen LogP contribution in [0.5, 0.6) is 0 Å². The zero-order valence-electron chi connectivity index (χ0n) is 14.3. The Kier molecular flexibility index (Phi) is 6.12. The van der Waals surface area contributed by atoms with E-state index in [0.717, 1.165) is 6.07 Å². The number of aliphatic carboxylic acids is 1. The Labute approximate surface area is 145 Å². The van der Waals surface area contributed by atoms with E-state index in [9.17, 15) is 18.8 Å². The van der Waals surface area contributed by atoms with Crippen LogP contribution < -0.4 is 10.6 Å². The minimum atomic E-state index is -0.857. The molecule has 3 N–H and O–H groups in total. The third-order valence-electron chi connectivity index (χ3n) is 4.22. The van der Waals surface area contributed by atoms with Gasteiger partial charge in [-0.1, -0.05) is 13.8 Å². The monoisotopic (exact) mass is 350 g/mol. The molecule has 2 amide bonds. The molecule has 25 heavy (non-hydrogen) atoms. The molecule has 136 valence electrons. The maximum atomic E-state index is 14.1. The molecule has 2 rings (SSSR count). The predicted octanol–water partition coefficient (Wildman–Crippen LogP) is 2.79. The highest BCUT2D eigenvalue weighted by Crippen LogP contribution is 2.26. The van der Waals surface area contributed by atoms with Crippen LogP contribution in [0.15, 0.2) is 18.2 Å². The summed E-state index contributed by atoms with van der Waals surface area (Å²) >= 11 is 0. The van der Waals surface area contributed by atoms with Crippen molar-refractivity contribution in [3.05, 3.63) is 29.6 Å². The molecule has 1 aromatic rings. The van der Waals surface area contributed by atoms with E-state index in [-0.39, 0.29) is 35.5 Å². The van der Waals surface area contributed by atoms with Gasteiger partial charge in [-0.2, -0.15) is 0 Å². The second kappa shape index (κ2) is 8.09. The maximum absolute atomic E-state index is 14.1. The summed E-state index contributed by atoms with van der Waals surface area (Å²) in [5.74, 6) is -2.55. The van der Waals surface area contributed by atoms with Gasteiger partial charge in [0, 0.05) is 18.0 Å². The topological polar surface area (TPSA) is 95.5 Å². The van der Waals surface area contributed by atoms with Gasteiger partial charge >= 0.3 is 5.97 Å². The molecule has 0 radical (unpaired) electrons. The van der Waals surface area contributed by atoms with Crippen LogP contribution in [0.25, 0.3) is 0 Å². The lowest BCUT2D eigenvalue weighted by Crippen LogP contribution is -2.33. The number of amides is 2. The molecular weight excluding hydrogens is 327 g/mol. The normalized spacial score (nSPS) is 19.7. The van der Waals surface area contributed by atoms with E-state index in [1.54, 1.807) is 0 Å². The van der Waals surface area contributed by atoms with Crippen LogP contribution >= 0.6 is 0 Å². The molecule has 1 aromatic carbocycles. The molecule has 1 aliphatic rings. The predicted molar refractivity (Wildman–Crippen MR) is 90.7 cm³/mol. The number of carboxylic acid groups (broad SMARTS) is 1. The molecular formula is C18H23FN2O4. The van der Waals surface area contributed by atoms with Crippen LogP contribution in [-0.2, 0) is 9.59 Å². The first-order valence-electron chi connectivity index (χ1n) is 8.39. The molecule has 0 aromatic heterocycles. The first kappa shape index (κ1) is 18.9. The highest BCUT2D eigenvalue weighted by molar-refractivity contribution is 5.96. The summed E-state index contributed by atoms with van der Waals surface area (Å²) in [6.45, 7) is 3.78. The zero-order valence-corrected chi connectivity index (χ0v) is 14.3. The Bertz CT molecular complexity index is 675. The summed E-state index contributed by atoms with van der Waals surface area (Å²) in [5, 5.41) is 14.2. The smallest absolute Gasteiger partial charge is 0.306 e. The van der Waals surface area contributed by atoms with E-state index in [1.165, 1.54) is 12.1 Å². The van der Waals surface area contributed by atoms with Crippen LogP contribution in [-0.4, -0.2) is 28.9 Å². The first-order valence-corrected chi connectivity index (χ1v) is 8.39. The molecule has 1 fully saturated rings. The van der Waals surface area contributed by atoms with Gasteiger partial charge in [-0.05, 0) is 43.4 Å². The van der Waals surface area contributed by atoms with Gasteiger partial charge in [0.1, 0.15) is 5.82 Å². The van der Waals surface area contributed by atoms with E-state index >= 15 is 0 Å². The standard InChI is InChI=1S/C18H23FN2O4/c1-10(2)7-16(22)21-15-6-4-11(9-14(15)19)17(23)20-13-5-3-12(8-13)18(24)25/h4,6,9-10,12-13H,3,5,7-8H2,1-2H3,(H,20,23)(H,21,22)(H,24,25)/t12-,13+/m0/s1. The maximum Gasteiger partial charge on any atom is 0.306 e. The molecule has 0 bridgehead atoms. The Morgan fingerprint density at radius 2 is 2.00 bits per heavy atom. The lowest BCUT2D eigenvalue weighted by Gasteiger charge is -2.13. The molecule has 6 nitrogen and oxygen atoms in total. The van der Waals surface area contributed by atoms with Crippen molar-refractivity contribution in [2.45, 2.75) is 45.6 Å². The van der Waals surface area contributed by atoms with Crippen LogP contribution in [0.1, 0.15) is 49.9 Å². The number of nitrogens with one attached hydrogen (secondary N) is 2. The van der Waals surface area contributed by atoms with E-state index in [2.05, 4.69) is 10.6 Å². The van der Waals surface area contributed by atoms with Gasteiger partial charge in [0.2, 0.25) is 5.91 Å². The summed E-state index contributed by atoms with van der Waals surface area (Å²) in [5.41, 5.74) is 0.173. The molecule has 2 atom stereocenters. The van der Waals surface area contributed by atoms with Gasteiger partial charge in [0.25, 0.3) is 5.91 Å². The number of carboxylic acids is 1. The van der Waals surface area contributed by atoms with Crippen molar-refractivity contribution in [2.24, 2.45) is 11.8 Å². The van der Waals surface area contributed by atoms with Gasteiger partial charge in [-0.15, -0.1) is 0 Å². The molecule has 0 saturated heterocycles. The van der Waals surface area contributed by atoms with E-state index in [0.29, 0.717) is 19.3 Å². The Morgan fingerprint density at radius 1 is 1.28 bits per heavy atom. The summed E-state index contributed by atoms with van der Waals surface area (Å²) in [6.07, 6.45) is 1.78. The zero-order chi connectivity index (χ0) is 18.6. The third-order valence-corrected chi connectivity index (χ3v) is 4.22. The lowest BCUT2D eigenvalue weighted by molar-refractivity contribution is -0.141. The Morgan fingerprint density at radius 3 is 2.56 bits per heavy atom. The van der Waals surface area contributed by atoms with E-state index in [4.69, 9.17) is 5.11 Å². The fraction of sp³-hybridized carbons (Fsp3) is 0.500. The molecule has 0 heterocycles. The minimum Gasteiger partial charge on any atom is -0.481 e. The van der Waals surface area contributed by atoms with E-state index < -0.39 is 23.6 Å². The second-order valence-electron chi connectivity index (χ2n) is 6.86. The number of hydrogen-bond donors (Lipinski definition) is 3. The molecule has 1 saturated carbocycles. The quantitative estimate of drug-likeness (QED) is 0.735. The average molecular weight is 350 g/mol. The highest BCUT2D eigenvalue weighted by atomic mass is 19.1. The summed E-state index contributed by atoms with van der Waals surface area (Å²) in [7, 11) is 0. The number of carbonyl (C=O) groups is 3. The van der Waals surface area contributed by atoms with Crippen molar-refractivity contribution < 1.29 is 23.9 Å². The number of hydrogen-bond acceptors (Lipinski definition) is 3. The lowest BCUT2D eigenvalue weighted by atomic mass is 10.1. The second-order valence-corrected chi connectivity index (χ2v) is 6.86. The van der Waals surface area contributed by atoms with Crippen LogP contribution in [0.3, 0.4) is 0 Å². The fourth-order valence-electron chi connectivity index (χ4n) is 2.94. The van der Waals surface area contributed by atoms with Crippen LogP contribution in [0.4, 0.5) is 10.1 Å². The largest absolute Gasteiger partial charge is 0.481 e. The SMILES string of the molecule is CC(C)CC(=O)Nc1ccc(C(=O)N[C@@H]2CC[C@H](C(=O)O)C2)cc1F.